The minimum atomic E-state index is -0.654. The highest BCUT2D eigenvalue weighted by atomic mass is 16.3. The quantitative estimate of drug-likeness (QED) is 0.639. The maximum atomic E-state index is 10.9. The second-order valence-corrected chi connectivity index (χ2v) is 8.93. The summed E-state index contributed by atoms with van der Waals surface area (Å²) in [7, 11) is 4.39. The highest BCUT2D eigenvalue weighted by Gasteiger charge is 2.50. The first kappa shape index (κ1) is 18.7. The zero-order valence-electron chi connectivity index (χ0n) is 17.2. The number of nitrogens with zero attached hydrogens (tertiary/aromatic N) is 2. The average molecular weight is 391 g/mol. The minimum Gasteiger partial charge on any atom is -0.361 e. The number of hydrogen-bond donors (Lipinski definition) is 3. The van der Waals surface area contributed by atoms with Crippen LogP contribution in [0.15, 0.2) is 60.8 Å². The van der Waals surface area contributed by atoms with Crippen molar-refractivity contribution < 1.29 is 5.11 Å². The van der Waals surface area contributed by atoms with Crippen molar-refractivity contribution in [1.82, 2.24) is 15.2 Å². The number of aromatic nitrogens is 1. The van der Waals surface area contributed by atoms with E-state index in [9.17, 15) is 5.11 Å². The Kier molecular flexibility index (Phi) is 4.42. The Balaban J connectivity index is 1.41. The second-order valence-electron chi connectivity index (χ2n) is 8.93. The zero-order valence-corrected chi connectivity index (χ0v) is 17.2. The first-order valence-electron chi connectivity index (χ1n) is 10.5. The molecule has 3 aromatic rings. The molecule has 2 fully saturated rings. The molecular weight excluding hydrogens is 360 g/mol. The molecule has 2 aliphatic rings. The molecule has 152 valence electrons. The highest BCUT2D eigenvalue weighted by Crippen LogP contribution is 2.47. The Morgan fingerprint density at radius 1 is 0.966 bits per heavy atom. The molecule has 2 heterocycles. The zero-order chi connectivity index (χ0) is 20.1. The van der Waals surface area contributed by atoms with Gasteiger partial charge < -0.3 is 15.0 Å². The lowest BCUT2D eigenvalue weighted by Crippen LogP contribution is -2.54. The smallest absolute Gasteiger partial charge is 0.184 e. The Morgan fingerprint density at radius 2 is 1.72 bits per heavy atom. The number of nitrogens with one attached hydrogen (secondary N) is 2. The third-order valence-electron chi connectivity index (χ3n) is 7.29. The predicted molar refractivity (Wildman–Crippen MR) is 118 cm³/mol. The number of fused-ring (bicyclic) bond motifs is 1. The van der Waals surface area contributed by atoms with Crippen LogP contribution < -0.4 is 10.2 Å². The van der Waals surface area contributed by atoms with Crippen LogP contribution in [0.2, 0.25) is 0 Å². The van der Waals surface area contributed by atoms with Crippen molar-refractivity contribution in [3.8, 4) is 0 Å². The minimum absolute atomic E-state index is 0.0494. The lowest BCUT2D eigenvalue weighted by atomic mass is 9.69. The molecule has 1 saturated heterocycles. The summed E-state index contributed by atoms with van der Waals surface area (Å²) in [5, 5.41) is 15.6. The molecule has 0 radical (unpaired) electrons. The van der Waals surface area contributed by atoms with E-state index >= 15 is 0 Å². The Labute approximate surface area is 172 Å². The maximum Gasteiger partial charge on any atom is 0.184 e. The fourth-order valence-electron chi connectivity index (χ4n) is 5.53. The number of H-pyrrole nitrogens is 1. The van der Waals surface area contributed by atoms with Crippen molar-refractivity contribution in [2.24, 2.45) is 0 Å². The van der Waals surface area contributed by atoms with E-state index in [-0.39, 0.29) is 11.1 Å². The summed E-state index contributed by atoms with van der Waals surface area (Å²) in [6.45, 7) is 0.830. The van der Waals surface area contributed by atoms with Crippen molar-refractivity contribution in [2.75, 3.05) is 25.5 Å². The van der Waals surface area contributed by atoms with Crippen LogP contribution >= 0.6 is 0 Å². The first-order valence-corrected chi connectivity index (χ1v) is 10.5. The number of aromatic amines is 1. The predicted octanol–water partition coefficient (Wildman–Crippen LogP) is 3.62. The van der Waals surface area contributed by atoms with Gasteiger partial charge in [-0.25, -0.2) is 0 Å². The average Bonchev–Trinajstić information content (AvgIpc) is 3.34. The van der Waals surface area contributed by atoms with Gasteiger partial charge in [-0.2, -0.15) is 0 Å². The molecule has 5 rings (SSSR count). The molecule has 29 heavy (non-hydrogen) atoms. The summed E-state index contributed by atoms with van der Waals surface area (Å²) in [4.78, 5) is 7.79. The molecule has 5 heteroatoms. The van der Waals surface area contributed by atoms with Gasteiger partial charge in [0.15, 0.2) is 6.35 Å². The molecule has 5 nitrogen and oxygen atoms in total. The van der Waals surface area contributed by atoms with Crippen LogP contribution in [-0.2, 0) is 5.54 Å². The van der Waals surface area contributed by atoms with Gasteiger partial charge in [0, 0.05) is 40.4 Å². The van der Waals surface area contributed by atoms with Crippen molar-refractivity contribution >= 4 is 16.6 Å². The van der Waals surface area contributed by atoms with Crippen LogP contribution in [0.25, 0.3) is 10.9 Å². The third-order valence-corrected chi connectivity index (χ3v) is 7.29. The van der Waals surface area contributed by atoms with E-state index < -0.39 is 6.35 Å². The van der Waals surface area contributed by atoms with Gasteiger partial charge in [0.1, 0.15) is 0 Å². The largest absolute Gasteiger partial charge is 0.361 e. The Hall–Kier alpha value is -2.34. The molecule has 2 aromatic carbocycles. The molecule has 0 bridgehead atoms. The molecule has 1 saturated carbocycles. The van der Waals surface area contributed by atoms with Gasteiger partial charge in [0.2, 0.25) is 0 Å². The number of aliphatic hydroxyl groups is 1. The van der Waals surface area contributed by atoms with E-state index in [0.717, 1.165) is 48.8 Å². The van der Waals surface area contributed by atoms with Crippen molar-refractivity contribution in [1.29, 1.82) is 0 Å². The van der Waals surface area contributed by atoms with Gasteiger partial charge in [0.05, 0.1) is 0 Å². The molecule has 1 aromatic heterocycles. The van der Waals surface area contributed by atoms with E-state index in [2.05, 4.69) is 88.8 Å². The first-order chi connectivity index (χ1) is 14.0. The van der Waals surface area contributed by atoms with Gasteiger partial charge in [-0.15, -0.1) is 0 Å². The van der Waals surface area contributed by atoms with Crippen molar-refractivity contribution in [3.63, 3.8) is 0 Å². The van der Waals surface area contributed by atoms with Crippen LogP contribution in [-0.4, -0.2) is 47.5 Å². The number of benzene rings is 2. The van der Waals surface area contributed by atoms with E-state index in [4.69, 9.17) is 0 Å². The number of rotatable bonds is 3. The van der Waals surface area contributed by atoms with Crippen molar-refractivity contribution in [3.05, 3.63) is 66.4 Å². The van der Waals surface area contributed by atoms with Gasteiger partial charge in [-0.05, 0) is 63.5 Å². The van der Waals surface area contributed by atoms with E-state index in [1.165, 1.54) is 5.56 Å². The standard InChI is InChI=1S/C24H30N4O/c1-27(2)24(18-7-4-3-5-8-18)14-12-23(13-15-24)17-28(22(29)26-23)21-10-6-9-20-19(21)11-16-25-20/h3-11,16,22,25-26,29H,12-15,17H2,1-2H3. The molecule has 1 spiro atoms. The SMILES string of the molecule is CN(C)C1(c2ccccc2)CCC2(CC1)CN(c1cccc3[nH]ccc13)C(O)N2. The van der Waals surface area contributed by atoms with Crippen LogP contribution in [0.3, 0.4) is 0 Å². The number of aliphatic hydroxyl groups excluding tert-OH is 1. The Morgan fingerprint density at radius 3 is 2.45 bits per heavy atom. The van der Waals surface area contributed by atoms with Crippen LogP contribution in [0.5, 0.6) is 0 Å². The topological polar surface area (TPSA) is 54.5 Å². The second kappa shape index (κ2) is 6.87. The van der Waals surface area contributed by atoms with E-state index in [0.29, 0.717) is 0 Å². The summed E-state index contributed by atoms with van der Waals surface area (Å²) in [5.74, 6) is 0. The summed E-state index contributed by atoms with van der Waals surface area (Å²) in [6, 6.07) is 19.2. The monoisotopic (exact) mass is 390 g/mol. The van der Waals surface area contributed by atoms with Gasteiger partial charge in [0.25, 0.3) is 0 Å². The molecule has 1 unspecified atom stereocenters. The van der Waals surface area contributed by atoms with E-state index in [1.807, 2.05) is 6.20 Å². The summed E-state index contributed by atoms with van der Waals surface area (Å²) in [6.07, 6.45) is 5.54. The van der Waals surface area contributed by atoms with Crippen molar-refractivity contribution in [2.45, 2.75) is 43.1 Å². The number of hydrogen-bond acceptors (Lipinski definition) is 4. The highest BCUT2D eigenvalue weighted by molar-refractivity contribution is 5.92. The molecule has 1 aliphatic carbocycles. The molecule has 3 N–H and O–H groups in total. The van der Waals surface area contributed by atoms with Crippen LogP contribution in [0, 0.1) is 0 Å². The third kappa shape index (κ3) is 2.96. The molecular formula is C24H30N4O. The summed E-state index contributed by atoms with van der Waals surface area (Å²) in [5.41, 5.74) is 3.61. The summed E-state index contributed by atoms with van der Waals surface area (Å²) < 4.78 is 0. The maximum absolute atomic E-state index is 10.9. The fourth-order valence-corrected chi connectivity index (χ4v) is 5.53. The fraction of sp³-hybridized carbons (Fsp3) is 0.417. The van der Waals surface area contributed by atoms with Gasteiger partial charge in [-0.1, -0.05) is 36.4 Å². The van der Waals surface area contributed by atoms with Gasteiger partial charge in [-0.3, -0.25) is 10.2 Å². The molecule has 0 amide bonds. The lowest BCUT2D eigenvalue weighted by molar-refractivity contribution is 0.0513. The summed E-state index contributed by atoms with van der Waals surface area (Å²) >= 11 is 0. The molecule has 1 aliphatic heterocycles. The number of anilines is 1. The van der Waals surface area contributed by atoms with Gasteiger partial charge >= 0.3 is 0 Å². The van der Waals surface area contributed by atoms with E-state index in [1.54, 1.807) is 0 Å². The lowest BCUT2D eigenvalue weighted by Gasteiger charge is -2.49. The normalized spacial score (nSPS) is 29.9. The van der Waals surface area contributed by atoms with Crippen LogP contribution in [0.1, 0.15) is 31.2 Å². The Bertz CT molecular complexity index is 988. The molecule has 1 atom stereocenters. The van der Waals surface area contributed by atoms with Crippen LogP contribution in [0.4, 0.5) is 5.69 Å².